The average molecular weight is 668 g/mol. The van der Waals surface area contributed by atoms with Crippen molar-refractivity contribution < 1.29 is 9.47 Å². The summed E-state index contributed by atoms with van der Waals surface area (Å²) in [6.45, 7) is 0. The molecule has 0 saturated carbocycles. The highest BCUT2D eigenvalue weighted by molar-refractivity contribution is 5.87. The zero-order chi connectivity index (χ0) is 34.5. The molecule has 1 unspecified atom stereocenters. The lowest BCUT2D eigenvalue weighted by Crippen LogP contribution is -2.37. The molecule has 0 bridgehead atoms. The fourth-order valence-corrected chi connectivity index (χ4v) is 8.08. The third kappa shape index (κ3) is 4.74. The van der Waals surface area contributed by atoms with Crippen LogP contribution in [0.1, 0.15) is 22.3 Å². The Hall–Kier alpha value is -6.84. The van der Waals surface area contributed by atoms with Gasteiger partial charge in [0.25, 0.3) is 0 Å². The van der Waals surface area contributed by atoms with Crippen LogP contribution in [-0.4, -0.2) is 0 Å². The number of nitrogens with one attached hydrogen (secondary N) is 1. The van der Waals surface area contributed by atoms with Crippen LogP contribution in [0.25, 0.3) is 33.4 Å². The van der Waals surface area contributed by atoms with Crippen molar-refractivity contribution in [3.63, 3.8) is 0 Å². The number of hydrogen-bond donors (Lipinski definition) is 1. The van der Waals surface area contributed by atoms with Gasteiger partial charge in [-0.3, -0.25) is 0 Å². The summed E-state index contributed by atoms with van der Waals surface area (Å²) >= 11 is 0. The van der Waals surface area contributed by atoms with Crippen molar-refractivity contribution in [2.45, 2.75) is 5.41 Å². The average Bonchev–Trinajstić information content (AvgIpc) is 3.21. The third-order valence-corrected chi connectivity index (χ3v) is 10.4. The van der Waals surface area contributed by atoms with Gasteiger partial charge in [0, 0.05) is 44.8 Å². The fourth-order valence-electron chi connectivity index (χ4n) is 8.08. The number of hydrogen-bond acceptors (Lipinski definition) is 3. The van der Waals surface area contributed by atoms with Crippen LogP contribution in [-0.2, 0) is 5.41 Å². The smallest absolute Gasteiger partial charge is 0.140 e. The Morgan fingerprint density at radius 2 is 0.885 bits per heavy atom. The van der Waals surface area contributed by atoms with E-state index in [-0.39, 0.29) is 0 Å². The van der Waals surface area contributed by atoms with E-state index in [2.05, 4.69) is 193 Å². The van der Waals surface area contributed by atoms with E-state index in [4.69, 9.17) is 9.47 Å². The summed E-state index contributed by atoms with van der Waals surface area (Å²) in [5, 5.41) is 3.66. The van der Waals surface area contributed by atoms with Crippen LogP contribution < -0.4 is 14.8 Å². The van der Waals surface area contributed by atoms with E-state index in [1.54, 1.807) is 0 Å². The van der Waals surface area contributed by atoms with Crippen molar-refractivity contribution in [1.82, 2.24) is 0 Å². The van der Waals surface area contributed by atoms with Crippen LogP contribution in [0.3, 0.4) is 0 Å². The van der Waals surface area contributed by atoms with Gasteiger partial charge in [0.15, 0.2) is 0 Å². The molecule has 0 amide bonds. The molecule has 0 aromatic heterocycles. The second-order valence-electron chi connectivity index (χ2n) is 13.3. The molecule has 2 heterocycles. The Bertz CT molecular complexity index is 2590. The normalized spacial score (nSPS) is 14.9. The van der Waals surface area contributed by atoms with Crippen LogP contribution in [0.5, 0.6) is 23.0 Å². The molecule has 1 atom stereocenters. The van der Waals surface area contributed by atoms with Crippen molar-refractivity contribution in [3.8, 4) is 56.4 Å². The van der Waals surface area contributed by atoms with Gasteiger partial charge in [0.2, 0.25) is 0 Å². The second kappa shape index (κ2) is 12.2. The summed E-state index contributed by atoms with van der Waals surface area (Å²) < 4.78 is 13.7. The first-order valence-electron chi connectivity index (χ1n) is 17.7. The first kappa shape index (κ1) is 30.0. The summed E-state index contributed by atoms with van der Waals surface area (Å²) in [7, 11) is 0. The van der Waals surface area contributed by atoms with Crippen LogP contribution in [0.15, 0.2) is 194 Å². The third-order valence-electron chi connectivity index (χ3n) is 10.4. The first-order valence-corrected chi connectivity index (χ1v) is 17.7. The monoisotopic (exact) mass is 667 g/mol. The Kier molecular flexibility index (Phi) is 7.04. The molecule has 1 N–H and O–H groups in total. The molecule has 2 aliphatic rings. The van der Waals surface area contributed by atoms with Gasteiger partial charge in [-0.2, -0.15) is 0 Å². The van der Waals surface area contributed by atoms with Crippen LogP contribution in [0.2, 0.25) is 0 Å². The zero-order valence-corrected chi connectivity index (χ0v) is 28.3. The number of fused-ring (bicyclic) bond motifs is 8. The van der Waals surface area contributed by atoms with E-state index in [0.29, 0.717) is 0 Å². The Morgan fingerprint density at radius 1 is 0.346 bits per heavy atom. The van der Waals surface area contributed by atoms with Gasteiger partial charge in [-0.15, -0.1) is 0 Å². The maximum Gasteiger partial charge on any atom is 0.140 e. The number of benzene rings is 8. The molecule has 2 aliphatic heterocycles. The molecule has 8 aromatic carbocycles. The summed E-state index contributed by atoms with van der Waals surface area (Å²) in [4.78, 5) is 0. The molecular formula is C49H33NO2. The van der Waals surface area contributed by atoms with E-state index < -0.39 is 5.41 Å². The minimum atomic E-state index is -0.702. The summed E-state index contributed by atoms with van der Waals surface area (Å²) in [6, 6.07) is 68.3. The molecule has 3 heteroatoms. The van der Waals surface area contributed by atoms with E-state index in [1.807, 2.05) is 6.07 Å². The van der Waals surface area contributed by atoms with Crippen LogP contribution >= 0.6 is 0 Å². The SMILES string of the molecule is c1ccc(Nc2ccc(-c3ccc4c(c3)C3(c5ccccc5O4)c4ccccc4Oc4c(-c5ccccc5)cccc43)cc2-c2ccccc2)cc1. The highest BCUT2D eigenvalue weighted by Gasteiger charge is 2.51. The Morgan fingerprint density at radius 3 is 1.60 bits per heavy atom. The lowest BCUT2D eigenvalue weighted by Gasteiger charge is -2.45. The van der Waals surface area contributed by atoms with Crippen molar-refractivity contribution >= 4 is 11.4 Å². The van der Waals surface area contributed by atoms with Crippen molar-refractivity contribution in [3.05, 3.63) is 216 Å². The minimum absolute atomic E-state index is 0.702. The first-order chi connectivity index (χ1) is 25.8. The minimum Gasteiger partial charge on any atom is -0.457 e. The summed E-state index contributed by atoms with van der Waals surface area (Å²) in [5.74, 6) is 3.39. The standard InChI is InChI=1S/C49H33NO2/c1-4-15-33(16-5-1)38-21-14-24-42-48(38)52-46-26-13-11-23-41(46)49(42)40-22-10-12-25-45(40)51-47-30-28-36(32-43(47)49)35-27-29-44(50-37-19-8-3-9-20-37)39(31-35)34-17-6-2-7-18-34/h1-32,50H. The lowest BCUT2D eigenvalue weighted by atomic mass is 9.61. The van der Waals surface area contributed by atoms with Crippen molar-refractivity contribution in [2.75, 3.05) is 5.32 Å². The number of ether oxygens (including phenoxy) is 2. The predicted octanol–water partition coefficient (Wildman–Crippen LogP) is 13.0. The molecule has 1 spiro atoms. The highest BCUT2D eigenvalue weighted by Crippen LogP contribution is 2.62. The topological polar surface area (TPSA) is 30.5 Å². The maximum atomic E-state index is 6.91. The van der Waals surface area contributed by atoms with Crippen LogP contribution in [0, 0.1) is 0 Å². The molecule has 0 fully saturated rings. The molecule has 52 heavy (non-hydrogen) atoms. The molecule has 10 rings (SSSR count). The summed E-state index contributed by atoms with van der Waals surface area (Å²) in [6.07, 6.45) is 0. The molecule has 0 aliphatic carbocycles. The molecule has 0 radical (unpaired) electrons. The van der Waals surface area contributed by atoms with Gasteiger partial charge in [0.05, 0.1) is 5.41 Å². The van der Waals surface area contributed by atoms with Crippen molar-refractivity contribution in [2.24, 2.45) is 0 Å². The van der Waals surface area contributed by atoms with Gasteiger partial charge >= 0.3 is 0 Å². The predicted molar refractivity (Wildman–Crippen MR) is 211 cm³/mol. The highest BCUT2D eigenvalue weighted by atomic mass is 16.5. The zero-order valence-electron chi connectivity index (χ0n) is 28.3. The van der Waals surface area contributed by atoms with E-state index in [9.17, 15) is 0 Å². The van der Waals surface area contributed by atoms with Gasteiger partial charge in [-0.05, 0) is 70.8 Å². The molecule has 8 aromatic rings. The molecule has 3 nitrogen and oxygen atoms in total. The van der Waals surface area contributed by atoms with E-state index in [0.717, 1.165) is 90.0 Å². The quantitative estimate of drug-likeness (QED) is 0.198. The van der Waals surface area contributed by atoms with Gasteiger partial charge in [-0.25, -0.2) is 0 Å². The largest absolute Gasteiger partial charge is 0.457 e. The fraction of sp³-hybridized carbons (Fsp3) is 0.0204. The molecular weight excluding hydrogens is 635 g/mol. The lowest BCUT2D eigenvalue weighted by molar-refractivity contribution is 0.400. The van der Waals surface area contributed by atoms with Crippen molar-refractivity contribution in [1.29, 1.82) is 0 Å². The van der Waals surface area contributed by atoms with Crippen LogP contribution in [0.4, 0.5) is 11.4 Å². The number of anilines is 2. The Balaban J connectivity index is 1.22. The molecule has 246 valence electrons. The molecule has 0 saturated heterocycles. The Labute approximate surface area is 303 Å². The second-order valence-corrected chi connectivity index (χ2v) is 13.3. The van der Waals surface area contributed by atoms with E-state index >= 15 is 0 Å². The maximum absolute atomic E-state index is 6.91. The van der Waals surface area contributed by atoms with Gasteiger partial charge in [0.1, 0.15) is 23.0 Å². The number of para-hydroxylation sites is 4. The summed E-state index contributed by atoms with van der Waals surface area (Å²) in [5.41, 5.74) is 12.4. The van der Waals surface area contributed by atoms with Gasteiger partial charge < -0.3 is 14.8 Å². The van der Waals surface area contributed by atoms with E-state index in [1.165, 1.54) is 0 Å². The number of rotatable bonds is 5. The van der Waals surface area contributed by atoms with Gasteiger partial charge in [-0.1, -0.05) is 146 Å².